The summed E-state index contributed by atoms with van der Waals surface area (Å²) >= 11 is 11.7. The number of nitrogens with one attached hydrogen (secondary N) is 1. The van der Waals surface area contributed by atoms with Gasteiger partial charge in [0.25, 0.3) is 5.91 Å². The Labute approximate surface area is 139 Å². The van der Waals surface area contributed by atoms with Gasteiger partial charge in [-0.15, -0.1) is 0 Å². The first-order valence-corrected chi connectivity index (χ1v) is 9.09. The number of hydrogen-bond donors (Lipinski definition) is 1. The average Bonchev–Trinajstić information content (AvgIpc) is 2.36. The molecule has 0 spiro atoms. The van der Waals surface area contributed by atoms with E-state index >= 15 is 0 Å². The minimum atomic E-state index is -3.10. The van der Waals surface area contributed by atoms with Crippen molar-refractivity contribution in [3.8, 4) is 0 Å². The molecule has 0 saturated heterocycles. The van der Waals surface area contributed by atoms with E-state index in [0.717, 1.165) is 6.26 Å². The molecule has 0 aromatic heterocycles. The van der Waals surface area contributed by atoms with Gasteiger partial charge in [-0.25, -0.2) is 8.42 Å². The third-order valence-electron chi connectivity index (χ3n) is 2.77. The van der Waals surface area contributed by atoms with Crippen molar-refractivity contribution in [3.63, 3.8) is 0 Å². The normalized spacial score (nSPS) is 11.2. The molecule has 0 bridgehead atoms. The molecular formula is C15H13Cl2NO3S. The quantitative estimate of drug-likeness (QED) is 0.905. The molecule has 4 nitrogen and oxygen atoms in total. The van der Waals surface area contributed by atoms with Gasteiger partial charge in [-0.05, 0) is 35.9 Å². The second kappa shape index (κ2) is 6.69. The van der Waals surface area contributed by atoms with Gasteiger partial charge in [0.2, 0.25) is 0 Å². The summed E-state index contributed by atoms with van der Waals surface area (Å²) in [6, 6.07) is 11.1. The van der Waals surface area contributed by atoms with E-state index in [2.05, 4.69) is 5.32 Å². The van der Waals surface area contributed by atoms with Gasteiger partial charge in [0.1, 0.15) is 0 Å². The van der Waals surface area contributed by atoms with Crippen molar-refractivity contribution in [2.45, 2.75) is 5.75 Å². The van der Waals surface area contributed by atoms with E-state index < -0.39 is 9.84 Å². The molecule has 0 aliphatic carbocycles. The van der Waals surface area contributed by atoms with E-state index in [-0.39, 0.29) is 11.7 Å². The standard InChI is InChI=1S/C15H13Cl2NO3S/c1-22(20,21)9-10-2-4-11(5-3-10)15(19)18-14-7-12(16)6-13(17)8-14/h2-8H,9H2,1H3,(H,18,19). The molecule has 2 aromatic carbocycles. The highest BCUT2D eigenvalue weighted by atomic mass is 35.5. The summed E-state index contributed by atoms with van der Waals surface area (Å²) in [7, 11) is -3.10. The minimum absolute atomic E-state index is 0.0567. The molecule has 0 aliphatic heterocycles. The van der Waals surface area contributed by atoms with Gasteiger partial charge in [-0.1, -0.05) is 35.3 Å². The van der Waals surface area contributed by atoms with Crippen LogP contribution in [0.2, 0.25) is 10.0 Å². The fourth-order valence-corrected chi connectivity index (χ4v) is 3.21. The number of sulfone groups is 1. The third-order valence-corrected chi connectivity index (χ3v) is 4.06. The Morgan fingerprint density at radius 2 is 1.59 bits per heavy atom. The van der Waals surface area contributed by atoms with Crippen molar-refractivity contribution in [2.24, 2.45) is 0 Å². The van der Waals surface area contributed by atoms with E-state index in [1.165, 1.54) is 0 Å². The van der Waals surface area contributed by atoms with E-state index in [9.17, 15) is 13.2 Å². The number of carbonyl (C=O) groups is 1. The van der Waals surface area contributed by atoms with Crippen LogP contribution >= 0.6 is 23.2 Å². The van der Waals surface area contributed by atoms with Crippen LogP contribution in [0, 0.1) is 0 Å². The molecule has 0 saturated carbocycles. The van der Waals surface area contributed by atoms with Gasteiger partial charge in [-0.3, -0.25) is 4.79 Å². The lowest BCUT2D eigenvalue weighted by Crippen LogP contribution is -2.12. The van der Waals surface area contributed by atoms with Crippen molar-refractivity contribution in [2.75, 3.05) is 11.6 Å². The highest BCUT2D eigenvalue weighted by Crippen LogP contribution is 2.23. The topological polar surface area (TPSA) is 63.2 Å². The largest absolute Gasteiger partial charge is 0.322 e. The summed E-state index contributed by atoms with van der Waals surface area (Å²) in [4.78, 5) is 12.1. The SMILES string of the molecule is CS(=O)(=O)Cc1ccc(C(=O)Nc2cc(Cl)cc(Cl)c2)cc1. The first kappa shape index (κ1) is 16.8. The highest BCUT2D eigenvalue weighted by Gasteiger charge is 2.09. The monoisotopic (exact) mass is 357 g/mol. The summed E-state index contributed by atoms with van der Waals surface area (Å²) in [6.45, 7) is 0. The van der Waals surface area contributed by atoms with Crippen LogP contribution in [0.5, 0.6) is 0 Å². The fraction of sp³-hybridized carbons (Fsp3) is 0.133. The van der Waals surface area contributed by atoms with Gasteiger partial charge in [0.05, 0.1) is 5.75 Å². The number of anilines is 1. The van der Waals surface area contributed by atoms with Crippen LogP contribution in [0.25, 0.3) is 0 Å². The van der Waals surface area contributed by atoms with Gasteiger partial charge >= 0.3 is 0 Å². The number of amides is 1. The number of hydrogen-bond acceptors (Lipinski definition) is 3. The molecule has 0 radical (unpaired) electrons. The summed E-state index contributed by atoms with van der Waals surface area (Å²) in [5.41, 5.74) is 1.53. The van der Waals surface area contributed by atoms with Crippen LogP contribution in [0.1, 0.15) is 15.9 Å². The van der Waals surface area contributed by atoms with Crippen LogP contribution in [0.4, 0.5) is 5.69 Å². The second-order valence-electron chi connectivity index (χ2n) is 4.88. The van der Waals surface area contributed by atoms with Crippen LogP contribution < -0.4 is 5.32 Å². The number of halogens is 2. The molecule has 0 fully saturated rings. The van der Waals surface area contributed by atoms with Gasteiger partial charge in [-0.2, -0.15) is 0 Å². The van der Waals surface area contributed by atoms with Crippen LogP contribution in [0.3, 0.4) is 0 Å². The smallest absolute Gasteiger partial charge is 0.255 e. The zero-order valence-electron chi connectivity index (χ0n) is 11.6. The highest BCUT2D eigenvalue weighted by molar-refractivity contribution is 7.89. The number of rotatable bonds is 4. The Kier molecular flexibility index (Phi) is 5.11. The first-order chi connectivity index (χ1) is 10.2. The molecule has 22 heavy (non-hydrogen) atoms. The van der Waals surface area contributed by atoms with Crippen LogP contribution in [-0.4, -0.2) is 20.6 Å². The van der Waals surface area contributed by atoms with Crippen LogP contribution in [-0.2, 0) is 15.6 Å². The molecule has 0 aliphatic rings. The van der Waals surface area contributed by atoms with Gasteiger partial charge < -0.3 is 5.32 Å². The maximum absolute atomic E-state index is 12.1. The van der Waals surface area contributed by atoms with E-state index in [4.69, 9.17) is 23.2 Å². The van der Waals surface area contributed by atoms with Crippen LogP contribution in [0.15, 0.2) is 42.5 Å². The number of benzene rings is 2. The lowest BCUT2D eigenvalue weighted by molar-refractivity contribution is 0.102. The Morgan fingerprint density at radius 3 is 2.09 bits per heavy atom. The maximum Gasteiger partial charge on any atom is 0.255 e. The molecule has 1 amide bonds. The molecule has 1 N–H and O–H groups in total. The lowest BCUT2D eigenvalue weighted by Gasteiger charge is -2.07. The van der Waals surface area contributed by atoms with Crippen molar-refractivity contribution in [1.29, 1.82) is 0 Å². The summed E-state index contributed by atoms with van der Waals surface area (Å²) in [5.74, 6) is -0.386. The summed E-state index contributed by atoms with van der Waals surface area (Å²) in [5, 5.41) is 3.53. The van der Waals surface area contributed by atoms with E-state index in [1.807, 2.05) is 0 Å². The molecule has 0 unspecified atom stereocenters. The molecular weight excluding hydrogens is 345 g/mol. The second-order valence-corrected chi connectivity index (χ2v) is 7.89. The number of carbonyl (C=O) groups excluding carboxylic acids is 1. The summed E-state index contributed by atoms with van der Waals surface area (Å²) < 4.78 is 22.4. The Bertz CT molecular complexity index is 782. The predicted octanol–water partition coefficient (Wildman–Crippen LogP) is 3.79. The lowest BCUT2D eigenvalue weighted by atomic mass is 10.1. The molecule has 0 heterocycles. The zero-order valence-corrected chi connectivity index (χ0v) is 14.0. The molecule has 7 heteroatoms. The molecule has 2 aromatic rings. The van der Waals surface area contributed by atoms with Crippen molar-refractivity contribution < 1.29 is 13.2 Å². The predicted molar refractivity (Wildman–Crippen MR) is 89.4 cm³/mol. The van der Waals surface area contributed by atoms with Gasteiger partial charge in [0.15, 0.2) is 9.84 Å². The van der Waals surface area contributed by atoms with E-state index in [1.54, 1.807) is 42.5 Å². The first-order valence-electron chi connectivity index (χ1n) is 6.27. The Hall–Kier alpha value is -1.56. The fourth-order valence-electron chi connectivity index (χ4n) is 1.88. The maximum atomic E-state index is 12.1. The Balaban J connectivity index is 2.13. The minimum Gasteiger partial charge on any atom is -0.322 e. The van der Waals surface area contributed by atoms with Crippen molar-refractivity contribution in [3.05, 3.63) is 63.6 Å². The molecule has 2 rings (SSSR count). The van der Waals surface area contributed by atoms with Crippen molar-refractivity contribution in [1.82, 2.24) is 0 Å². The third kappa shape index (κ3) is 5.02. The van der Waals surface area contributed by atoms with Crippen molar-refractivity contribution >= 4 is 44.6 Å². The summed E-state index contributed by atoms with van der Waals surface area (Å²) in [6.07, 6.45) is 1.16. The zero-order chi connectivity index (χ0) is 16.3. The van der Waals surface area contributed by atoms with E-state index in [0.29, 0.717) is 26.9 Å². The Morgan fingerprint density at radius 1 is 1.05 bits per heavy atom. The van der Waals surface area contributed by atoms with Gasteiger partial charge in [0, 0.05) is 27.6 Å². The average molecular weight is 358 g/mol. The molecule has 116 valence electrons. The molecule has 0 atom stereocenters.